The number of amides is 2. The zero-order valence-corrected chi connectivity index (χ0v) is 20.3. The molecule has 8 heteroatoms. The Morgan fingerprint density at radius 3 is 2.69 bits per heavy atom. The predicted molar refractivity (Wildman–Crippen MR) is 134 cm³/mol. The van der Waals surface area contributed by atoms with Crippen LogP contribution in [0, 0.1) is 0 Å². The fraction of sp³-hybridized carbons (Fsp3) is 0.375. The van der Waals surface area contributed by atoms with Crippen LogP contribution in [0.2, 0.25) is 5.02 Å². The van der Waals surface area contributed by atoms with Crippen LogP contribution in [-0.2, 0) is 4.79 Å². The van der Waals surface area contributed by atoms with Crippen molar-refractivity contribution < 1.29 is 9.59 Å². The first kappa shape index (κ1) is 23.1. The van der Waals surface area contributed by atoms with Crippen molar-refractivity contribution in [1.29, 1.82) is 0 Å². The predicted octanol–water partition coefficient (Wildman–Crippen LogP) is 5.21. The Morgan fingerprint density at radius 2 is 1.97 bits per heavy atom. The number of piperidine rings is 1. The summed E-state index contributed by atoms with van der Waals surface area (Å²) >= 11 is 9.49. The van der Waals surface area contributed by atoms with Gasteiger partial charge in [-0.1, -0.05) is 29.8 Å². The summed E-state index contributed by atoms with van der Waals surface area (Å²) in [4.78, 5) is 32.6. The summed E-state index contributed by atoms with van der Waals surface area (Å²) < 4.78 is 1.14. The van der Waals surface area contributed by atoms with Gasteiger partial charge in [-0.15, -0.1) is 11.3 Å². The molecule has 2 heterocycles. The van der Waals surface area contributed by atoms with Crippen LogP contribution in [0.25, 0.3) is 10.2 Å². The molecule has 4 rings (SSSR count). The third kappa shape index (κ3) is 5.45. The van der Waals surface area contributed by atoms with E-state index in [2.05, 4.69) is 5.32 Å². The Labute approximate surface area is 201 Å². The van der Waals surface area contributed by atoms with Crippen molar-refractivity contribution in [3.63, 3.8) is 0 Å². The van der Waals surface area contributed by atoms with Gasteiger partial charge in [-0.2, -0.15) is 11.8 Å². The molecule has 168 valence electrons. The minimum Gasteiger partial charge on any atom is -0.341 e. The maximum atomic E-state index is 13.3. The van der Waals surface area contributed by atoms with Gasteiger partial charge < -0.3 is 10.2 Å². The number of benzene rings is 2. The number of hydrogen-bond donors (Lipinski definition) is 1. The first-order valence-electron chi connectivity index (χ1n) is 10.7. The van der Waals surface area contributed by atoms with Crippen molar-refractivity contribution in [2.45, 2.75) is 31.2 Å². The molecule has 1 N–H and O–H groups in total. The average molecular weight is 488 g/mol. The summed E-state index contributed by atoms with van der Waals surface area (Å²) in [5.74, 6) is 0.973. The Kier molecular flexibility index (Phi) is 7.71. The number of carbonyl (C=O) groups excluding carboxylic acids is 2. The topological polar surface area (TPSA) is 62.3 Å². The highest BCUT2D eigenvalue weighted by Crippen LogP contribution is 2.34. The second kappa shape index (κ2) is 10.7. The molecule has 0 unspecified atom stereocenters. The van der Waals surface area contributed by atoms with Crippen LogP contribution in [0.15, 0.2) is 48.5 Å². The van der Waals surface area contributed by atoms with Gasteiger partial charge in [0, 0.05) is 29.6 Å². The highest BCUT2D eigenvalue weighted by molar-refractivity contribution is 7.98. The maximum Gasteiger partial charge on any atom is 0.251 e. The van der Waals surface area contributed by atoms with Crippen LogP contribution < -0.4 is 5.32 Å². The summed E-state index contributed by atoms with van der Waals surface area (Å²) in [7, 11) is 0. The minimum atomic E-state index is -0.503. The lowest BCUT2D eigenvalue weighted by molar-refractivity contribution is -0.134. The third-order valence-electron chi connectivity index (χ3n) is 5.77. The summed E-state index contributed by atoms with van der Waals surface area (Å²) in [6.45, 7) is 1.36. The van der Waals surface area contributed by atoms with Crippen LogP contribution in [0.3, 0.4) is 0 Å². The average Bonchev–Trinajstić information content (AvgIpc) is 3.25. The summed E-state index contributed by atoms with van der Waals surface area (Å²) in [5, 5.41) is 4.78. The third-order valence-corrected chi connectivity index (χ3v) is 7.85. The lowest BCUT2D eigenvalue weighted by atomic mass is 9.96. The molecule has 0 aliphatic carbocycles. The van der Waals surface area contributed by atoms with E-state index in [1.165, 1.54) is 0 Å². The number of nitrogens with zero attached hydrogens (tertiary/aromatic N) is 2. The van der Waals surface area contributed by atoms with E-state index >= 15 is 0 Å². The van der Waals surface area contributed by atoms with Crippen LogP contribution >= 0.6 is 34.7 Å². The highest BCUT2D eigenvalue weighted by atomic mass is 35.5. The van der Waals surface area contributed by atoms with Gasteiger partial charge in [-0.3, -0.25) is 9.59 Å². The number of carbonyl (C=O) groups is 2. The van der Waals surface area contributed by atoms with Crippen LogP contribution in [0.4, 0.5) is 0 Å². The van der Waals surface area contributed by atoms with E-state index in [-0.39, 0.29) is 11.8 Å². The first-order valence-corrected chi connectivity index (χ1v) is 13.3. The van der Waals surface area contributed by atoms with Gasteiger partial charge in [0.2, 0.25) is 5.91 Å². The molecule has 3 aromatic rings. The Bertz CT molecular complexity index is 1080. The van der Waals surface area contributed by atoms with Crippen molar-refractivity contribution in [2.75, 3.05) is 25.1 Å². The molecule has 1 aromatic heterocycles. The summed E-state index contributed by atoms with van der Waals surface area (Å²) in [6.07, 6.45) is 4.39. The molecule has 0 bridgehead atoms. The maximum absolute atomic E-state index is 13.3. The zero-order valence-electron chi connectivity index (χ0n) is 17.9. The molecular formula is C24H26ClN3O2S2. The van der Waals surface area contributed by atoms with Crippen LogP contribution in [0.1, 0.15) is 40.5 Å². The quantitative estimate of drug-likeness (QED) is 0.497. The van der Waals surface area contributed by atoms with Gasteiger partial charge in [-0.05, 0) is 61.6 Å². The molecular weight excluding hydrogens is 462 g/mol. The molecule has 1 atom stereocenters. The van der Waals surface area contributed by atoms with Gasteiger partial charge in [0.15, 0.2) is 0 Å². The molecule has 1 aliphatic heterocycles. The number of halogens is 1. The number of thioether (sulfide) groups is 1. The van der Waals surface area contributed by atoms with Crippen LogP contribution in [0.5, 0.6) is 0 Å². The first-order chi connectivity index (χ1) is 15.5. The van der Waals surface area contributed by atoms with Gasteiger partial charge in [0.1, 0.15) is 6.04 Å². The second-order valence-corrected chi connectivity index (χ2v) is 10.4. The molecule has 1 saturated heterocycles. The largest absolute Gasteiger partial charge is 0.341 e. The van der Waals surface area contributed by atoms with E-state index in [4.69, 9.17) is 16.6 Å². The molecule has 2 amide bonds. The van der Waals surface area contributed by atoms with Gasteiger partial charge >= 0.3 is 0 Å². The van der Waals surface area contributed by atoms with E-state index in [9.17, 15) is 9.59 Å². The lowest BCUT2D eigenvalue weighted by Gasteiger charge is -2.33. The summed E-state index contributed by atoms with van der Waals surface area (Å²) in [5.41, 5.74) is 1.51. The number of likely N-dealkylation sites (tertiary alicyclic amines) is 1. The Hall–Kier alpha value is -2.09. The van der Waals surface area contributed by atoms with E-state index in [0.29, 0.717) is 36.0 Å². The number of thiazole rings is 1. The molecule has 0 spiro atoms. The van der Waals surface area contributed by atoms with Crippen molar-refractivity contribution in [3.8, 4) is 0 Å². The zero-order chi connectivity index (χ0) is 22.5. The van der Waals surface area contributed by atoms with Crippen LogP contribution in [-0.4, -0.2) is 52.8 Å². The fourth-order valence-corrected chi connectivity index (χ4v) is 5.74. The molecule has 1 fully saturated rings. The van der Waals surface area contributed by atoms with Gasteiger partial charge in [0.05, 0.1) is 15.2 Å². The monoisotopic (exact) mass is 487 g/mol. The fourth-order valence-electron chi connectivity index (χ4n) is 3.98. The van der Waals surface area contributed by atoms with E-state index < -0.39 is 6.04 Å². The van der Waals surface area contributed by atoms with E-state index in [1.54, 1.807) is 35.2 Å². The molecule has 32 heavy (non-hydrogen) atoms. The minimum absolute atomic E-state index is 0.0119. The standard InChI is InChI=1S/C24H26ClN3O2S2/c1-31-14-11-19(26-22(29)16-5-3-2-4-6-16)24(30)28-12-9-17(10-13-28)23-27-20-15-18(25)7-8-21(20)32-23/h2-8,15,17,19H,9-14H2,1H3,(H,26,29)/t19-/m1/s1. The highest BCUT2D eigenvalue weighted by Gasteiger charge is 2.30. The molecule has 1 aliphatic rings. The number of hydrogen-bond acceptors (Lipinski definition) is 5. The lowest BCUT2D eigenvalue weighted by Crippen LogP contribution is -2.50. The van der Waals surface area contributed by atoms with E-state index in [0.717, 1.165) is 33.8 Å². The Balaban J connectivity index is 1.39. The smallest absolute Gasteiger partial charge is 0.251 e. The number of nitrogens with one attached hydrogen (secondary N) is 1. The number of fused-ring (bicyclic) bond motifs is 1. The molecule has 5 nitrogen and oxygen atoms in total. The SMILES string of the molecule is CSCC[C@@H](NC(=O)c1ccccc1)C(=O)N1CCC(c2nc3cc(Cl)ccc3s2)CC1. The van der Waals surface area contributed by atoms with Crippen molar-refractivity contribution in [3.05, 3.63) is 64.1 Å². The molecule has 0 radical (unpaired) electrons. The number of aromatic nitrogens is 1. The Morgan fingerprint density at radius 1 is 1.22 bits per heavy atom. The van der Waals surface area contributed by atoms with Crippen molar-refractivity contribution in [2.24, 2.45) is 0 Å². The summed E-state index contributed by atoms with van der Waals surface area (Å²) in [6, 6.07) is 14.4. The van der Waals surface area contributed by atoms with Gasteiger partial charge in [-0.25, -0.2) is 4.98 Å². The molecule has 2 aromatic carbocycles. The normalized spacial score (nSPS) is 15.6. The molecule has 0 saturated carbocycles. The van der Waals surface area contributed by atoms with Gasteiger partial charge in [0.25, 0.3) is 5.91 Å². The van der Waals surface area contributed by atoms with Crippen molar-refractivity contribution >= 4 is 56.7 Å². The number of rotatable bonds is 7. The van der Waals surface area contributed by atoms with E-state index in [1.807, 2.05) is 47.6 Å². The van der Waals surface area contributed by atoms with Crippen molar-refractivity contribution in [1.82, 2.24) is 15.2 Å². The second-order valence-electron chi connectivity index (χ2n) is 7.94.